The molecule has 4 heteroatoms. The van der Waals surface area contributed by atoms with Gasteiger partial charge < -0.3 is 5.11 Å². The highest BCUT2D eigenvalue weighted by Gasteiger charge is 2.28. The molecule has 2 nitrogen and oxygen atoms in total. The van der Waals surface area contributed by atoms with E-state index < -0.39 is 18.3 Å². The molecule has 0 fully saturated rings. The summed E-state index contributed by atoms with van der Waals surface area (Å²) in [5, 5.41) is 9.79. The molecule has 0 amide bonds. The van der Waals surface area contributed by atoms with Gasteiger partial charge in [0.2, 0.25) is 5.92 Å². The topological polar surface area (TPSA) is 37.3 Å². The third kappa shape index (κ3) is 6.12. The largest absolute Gasteiger partial charge is 0.512 e. The lowest BCUT2D eigenvalue weighted by molar-refractivity contribution is -0.118. The first-order valence-corrected chi connectivity index (χ1v) is 6.57. The van der Waals surface area contributed by atoms with Crippen LogP contribution in [-0.4, -0.2) is 16.8 Å². The number of carbonyl (C=O) groups is 1. The fourth-order valence-electron chi connectivity index (χ4n) is 1.96. The Morgan fingerprint density at radius 2 is 1.61 bits per heavy atom. The minimum atomic E-state index is -2.83. The quantitative estimate of drug-likeness (QED) is 0.516. The summed E-state index contributed by atoms with van der Waals surface area (Å²) in [4.78, 5) is 11.8. The van der Waals surface area contributed by atoms with Gasteiger partial charge in [-0.2, -0.15) is 0 Å². The lowest BCUT2D eigenvalue weighted by atomic mass is 9.92. The fourth-order valence-corrected chi connectivity index (χ4v) is 1.96. The summed E-state index contributed by atoms with van der Waals surface area (Å²) in [5.41, 5.74) is 0. The minimum Gasteiger partial charge on any atom is -0.512 e. The van der Waals surface area contributed by atoms with Gasteiger partial charge in [-0.05, 0) is 26.2 Å². The SMILES string of the molecule is CCC(CC)C(=O)C=C(O)C(CC)CC(C)(F)F. The zero-order valence-electron chi connectivity index (χ0n) is 11.7. The lowest BCUT2D eigenvalue weighted by Crippen LogP contribution is -2.19. The lowest BCUT2D eigenvalue weighted by Gasteiger charge is -2.19. The van der Waals surface area contributed by atoms with Crippen molar-refractivity contribution in [3.05, 3.63) is 11.8 Å². The number of alkyl halides is 2. The maximum Gasteiger partial charge on any atom is 0.246 e. The molecule has 0 rings (SSSR count). The van der Waals surface area contributed by atoms with Crippen LogP contribution >= 0.6 is 0 Å². The van der Waals surface area contributed by atoms with Crippen molar-refractivity contribution in [1.29, 1.82) is 0 Å². The highest BCUT2D eigenvalue weighted by molar-refractivity contribution is 5.92. The van der Waals surface area contributed by atoms with E-state index in [1.807, 2.05) is 13.8 Å². The second-order valence-corrected chi connectivity index (χ2v) is 4.86. The Morgan fingerprint density at radius 3 is 1.94 bits per heavy atom. The molecule has 1 N–H and O–H groups in total. The van der Waals surface area contributed by atoms with E-state index >= 15 is 0 Å². The molecule has 0 saturated carbocycles. The standard InChI is InChI=1S/C14H24F2O2/c1-5-10(6-2)12(17)8-13(18)11(7-3)9-14(4,15)16/h8,10-11,18H,5-7,9H2,1-4H3. The molecule has 0 aromatic rings. The smallest absolute Gasteiger partial charge is 0.246 e. The number of aliphatic hydroxyl groups is 1. The van der Waals surface area contributed by atoms with E-state index in [4.69, 9.17) is 0 Å². The zero-order chi connectivity index (χ0) is 14.3. The Hall–Kier alpha value is -0.930. The van der Waals surface area contributed by atoms with E-state index in [-0.39, 0.29) is 17.5 Å². The van der Waals surface area contributed by atoms with Crippen LogP contribution in [0.25, 0.3) is 0 Å². The van der Waals surface area contributed by atoms with E-state index in [2.05, 4.69) is 0 Å². The molecule has 1 atom stereocenters. The highest BCUT2D eigenvalue weighted by atomic mass is 19.3. The van der Waals surface area contributed by atoms with E-state index in [0.717, 1.165) is 13.0 Å². The third-order valence-corrected chi connectivity index (χ3v) is 3.19. The maximum absolute atomic E-state index is 12.9. The van der Waals surface area contributed by atoms with E-state index in [1.165, 1.54) is 0 Å². The van der Waals surface area contributed by atoms with Crippen LogP contribution in [0.3, 0.4) is 0 Å². The highest BCUT2D eigenvalue weighted by Crippen LogP contribution is 2.28. The first-order valence-electron chi connectivity index (χ1n) is 6.57. The van der Waals surface area contributed by atoms with Crippen molar-refractivity contribution >= 4 is 5.78 Å². The van der Waals surface area contributed by atoms with Crippen LogP contribution in [0.15, 0.2) is 11.8 Å². The summed E-state index contributed by atoms with van der Waals surface area (Å²) in [5.74, 6) is -4.00. The minimum absolute atomic E-state index is 0.133. The molecule has 0 spiro atoms. The van der Waals surface area contributed by atoms with Gasteiger partial charge in [-0.1, -0.05) is 20.8 Å². The van der Waals surface area contributed by atoms with Gasteiger partial charge in [-0.3, -0.25) is 4.79 Å². The van der Waals surface area contributed by atoms with Crippen molar-refractivity contribution in [3.63, 3.8) is 0 Å². The summed E-state index contributed by atoms with van der Waals surface area (Å²) in [6.07, 6.45) is 2.49. The first-order chi connectivity index (χ1) is 8.25. The van der Waals surface area contributed by atoms with Crippen LogP contribution in [0, 0.1) is 11.8 Å². The number of hydrogen-bond acceptors (Lipinski definition) is 2. The fraction of sp³-hybridized carbons (Fsp3) is 0.786. The van der Waals surface area contributed by atoms with E-state index in [0.29, 0.717) is 19.3 Å². The molecule has 106 valence electrons. The Bertz CT molecular complexity index is 289. The second-order valence-electron chi connectivity index (χ2n) is 4.86. The van der Waals surface area contributed by atoms with Gasteiger partial charge in [-0.15, -0.1) is 0 Å². The predicted octanol–water partition coefficient (Wildman–Crippen LogP) is 4.51. The molecule has 0 aromatic heterocycles. The summed E-state index contributed by atoms with van der Waals surface area (Å²) < 4.78 is 25.8. The first kappa shape index (κ1) is 17.1. The van der Waals surface area contributed by atoms with E-state index in [9.17, 15) is 18.7 Å². The molecular weight excluding hydrogens is 238 g/mol. The molecule has 0 saturated heterocycles. The molecule has 0 radical (unpaired) electrons. The van der Waals surface area contributed by atoms with Crippen LogP contribution in [-0.2, 0) is 4.79 Å². The molecule has 18 heavy (non-hydrogen) atoms. The third-order valence-electron chi connectivity index (χ3n) is 3.19. The normalized spacial score (nSPS) is 14.9. The Balaban J connectivity index is 4.77. The molecule has 0 aliphatic carbocycles. The average molecular weight is 262 g/mol. The number of ketones is 1. The average Bonchev–Trinajstić information content (AvgIpc) is 2.26. The van der Waals surface area contributed by atoms with Crippen molar-refractivity contribution in [2.75, 3.05) is 0 Å². The number of halogens is 2. The molecule has 1 unspecified atom stereocenters. The Kier molecular flexibility index (Phi) is 7.11. The summed E-state index contributed by atoms with van der Waals surface area (Å²) in [6, 6.07) is 0. The van der Waals surface area contributed by atoms with Gasteiger partial charge >= 0.3 is 0 Å². The molecule has 0 heterocycles. The second kappa shape index (κ2) is 7.49. The van der Waals surface area contributed by atoms with Crippen LogP contribution < -0.4 is 0 Å². The van der Waals surface area contributed by atoms with Crippen LogP contribution in [0.1, 0.15) is 53.4 Å². The van der Waals surface area contributed by atoms with Gasteiger partial charge in [0.25, 0.3) is 0 Å². The summed E-state index contributed by atoms with van der Waals surface area (Å²) in [6.45, 7) is 6.34. The van der Waals surface area contributed by atoms with Gasteiger partial charge in [-0.25, -0.2) is 8.78 Å². The molecular formula is C14H24F2O2. The van der Waals surface area contributed by atoms with Crippen molar-refractivity contribution < 1.29 is 18.7 Å². The molecule has 0 aromatic carbocycles. The molecule has 0 aliphatic heterocycles. The Morgan fingerprint density at radius 1 is 1.17 bits per heavy atom. The van der Waals surface area contributed by atoms with Crippen LogP contribution in [0.5, 0.6) is 0 Å². The van der Waals surface area contributed by atoms with Gasteiger partial charge in [0, 0.05) is 24.3 Å². The maximum atomic E-state index is 12.9. The van der Waals surface area contributed by atoms with Crippen molar-refractivity contribution in [2.45, 2.75) is 59.3 Å². The summed E-state index contributed by atoms with van der Waals surface area (Å²) in [7, 11) is 0. The predicted molar refractivity (Wildman–Crippen MR) is 68.8 cm³/mol. The Labute approximate surface area is 108 Å². The number of hydrogen-bond donors (Lipinski definition) is 1. The zero-order valence-corrected chi connectivity index (χ0v) is 11.7. The number of allylic oxidation sites excluding steroid dienone is 2. The molecule has 0 aliphatic rings. The number of aliphatic hydroxyl groups excluding tert-OH is 1. The summed E-state index contributed by atoms with van der Waals surface area (Å²) >= 11 is 0. The number of carbonyl (C=O) groups excluding carboxylic acids is 1. The monoisotopic (exact) mass is 262 g/mol. The molecule has 0 bridgehead atoms. The number of rotatable bonds is 8. The van der Waals surface area contributed by atoms with Crippen molar-refractivity contribution in [3.8, 4) is 0 Å². The van der Waals surface area contributed by atoms with E-state index in [1.54, 1.807) is 6.92 Å². The van der Waals surface area contributed by atoms with Crippen LogP contribution in [0.4, 0.5) is 8.78 Å². The van der Waals surface area contributed by atoms with Crippen LogP contribution in [0.2, 0.25) is 0 Å². The van der Waals surface area contributed by atoms with Gasteiger partial charge in [0.15, 0.2) is 5.78 Å². The van der Waals surface area contributed by atoms with Gasteiger partial charge in [0.05, 0.1) is 5.76 Å². The van der Waals surface area contributed by atoms with Crippen molar-refractivity contribution in [2.24, 2.45) is 11.8 Å². The van der Waals surface area contributed by atoms with Crippen molar-refractivity contribution in [1.82, 2.24) is 0 Å². The van der Waals surface area contributed by atoms with Gasteiger partial charge in [0.1, 0.15) is 0 Å².